The van der Waals surface area contributed by atoms with Crippen molar-refractivity contribution in [3.63, 3.8) is 0 Å². The molecule has 1 amide bonds. The summed E-state index contributed by atoms with van der Waals surface area (Å²) >= 11 is 1.27. The summed E-state index contributed by atoms with van der Waals surface area (Å²) < 4.78 is 1.73. The minimum Gasteiger partial charge on any atom is -0.342 e. The highest BCUT2D eigenvalue weighted by Crippen LogP contribution is 2.24. The fourth-order valence-electron chi connectivity index (χ4n) is 2.77. The SMILES string of the molecule is Cc1sc(=O)n(CCC(=O)N2CC[C@H](C(C)C)C2)c1C. The van der Waals surface area contributed by atoms with Crippen LogP contribution in [-0.2, 0) is 11.3 Å². The zero-order valence-electron chi connectivity index (χ0n) is 12.8. The van der Waals surface area contributed by atoms with Crippen molar-refractivity contribution in [2.45, 2.75) is 47.1 Å². The lowest BCUT2D eigenvalue weighted by Gasteiger charge is -2.18. The van der Waals surface area contributed by atoms with E-state index < -0.39 is 0 Å². The lowest BCUT2D eigenvalue weighted by molar-refractivity contribution is -0.130. The van der Waals surface area contributed by atoms with E-state index in [1.165, 1.54) is 11.3 Å². The van der Waals surface area contributed by atoms with Gasteiger partial charge in [-0.3, -0.25) is 9.59 Å². The van der Waals surface area contributed by atoms with E-state index in [-0.39, 0.29) is 10.8 Å². The fourth-order valence-corrected chi connectivity index (χ4v) is 3.63. The first-order valence-corrected chi connectivity index (χ1v) is 8.16. The summed E-state index contributed by atoms with van der Waals surface area (Å²) in [7, 11) is 0. The first-order valence-electron chi connectivity index (χ1n) is 7.34. The van der Waals surface area contributed by atoms with Gasteiger partial charge in [-0.2, -0.15) is 0 Å². The number of carbonyl (C=O) groups excluding carboxylic acids is 1. The van der Waals surface area contributed by atoms with E-state index in [4.69, 9.17) is 0 Å². The third-order valence-electron chi connectivity index (χ3n) is 4.44. The number of aromatic nitrogens is 1. The molecule has 0 bridgehead atoms. The summed E-state index contributed by atoms with van der Waals surface area (Å²) in [5, 5.41) is 0. The topological polar surface area (TPSA) is 42.3 Å². The standard InChI is InChI=1S/C15H24N2O2S/c1-10(2)13-5-7-16(9-13)14(18)6-8-17-11(3)12(4)20-15(17)19/h10,13H,5-9H2,1-4H3/t13-/m0/s1. The molecule has 1 aliphatic heterocycles. The van der Waals surface area contributed by atoms with Crippen molar-refractivity contribution in [1.82, 2.24) is 9.47 Å². The first-order chi connectivity index (χ1) is 9.40. The molecule has 0 saturated carbocycles. The Morgan fingerprint density at radius 2 is 2.10 bits per heavy atom. The van der Waals surface area contributed by atoms with Gasteiger partial charge < -0.3 is 9.47 Å². The normalized spacial score (nSPS) is 19.1. The molecular formula is C15H24N2O2S. The zero-order chi connectivity index (χ0) is 14.9. The van der Waals surface area contributed by atoms with E-state index in [0.717, 1.165) is 30.1 Å². The van der Waals surface area contributed by atoms with Gasteiger partial charge in [-0.15, -0.1) is 0 Å². The van der Waals surface area contributed by atoms with Crippen LogP contribution in [0, 0.1) is 25.7 Å². The van der Waals surface area contributed by atoms with E-state index >= 15 is 0 Å². The van der Waals surface area contributed by atoms with Crippen LogP contribution in [0.1, 0.15) is 37.3 Å². The van der Waals surface area contributed by atoms with Crippen molar-refractivity contribution in [1.29, 1.82) is 0 Å². The molecule has 1 saturated heterocycles. The Balaban J connectivity index is 1.92. The summed E-state index contributed by atoms with van der Waals surface area (Å²) in [6.07, 6.45) is 1.54. The lowest BCUT2D eigenvalue weighted by atomic mass is 9.95. The molecule has 1 atom stereocenters. The second-order valence-corrected chi connectivity index (χ2v) is 7.21. The van der Waals surface area contributed by atoms with Crippen LogP contribution in [0.4, 0.5) is 0 Å². The number of rotatable bonds is 4. The Morgan fingerprint density at radius 1 is 1.40 bits per heavy atom. The molecule has 0 radical (unpaired) electrons. The van der Waals surface area contributed by atoms with Gasteiger partial charge in [-0.1, -0.05) is 25.2 Å². The van der Waals surface area contributed by atoms with Crippen LogP contribution < -0.4 is 4.87 Å². The minimum atomic E-state index is 0.0503. The summed E-state index contributed by atoms with van der Waals surface area (Å²) in [6, 6.07) is 0. The second-order valence-electron chi connectivity index (χ2n) is 6.04. The molecule has 1 aromatic heterocycles. The molecule has 20 heavy (non-hydrogen) atoms. The van der Waals surface area contributed by atoms with Crippen LogP contribution in [0.5, 0.6) is 0 Å². The average Bonchev–Trinajstić information content (AvgIpc) is 2.95. The highest BCUT2D eigenvalue weighted by Gasteiger charge is 2.27. The number of likely N-dealkylation sites (tertiary alicyclic amines) is 1. The van der Waals surface area contributed by atoms with Gasteiger partial charge >= 0.3 is 4.87 Å². The monoisotopic (exact) mass is 296 g/mol. The highest BCUT2D eigenvalue weighted by atomic mass is 32.1. The van der Waals surface area contributed by atoms with E-state index in [9.17, 15) is 9.59 Å². The molecule has 2 rings (SSSR count). The van der Waals surface area contributed by atoms with Gasteiger partial charge in [0, 0.05) is 36.6 Å². The molecule has 1 fully saturated rings. The van der Waals surface area contributed by atoms with E-state index in [1.807, 2.05) is 18.7 Å². The number of nitrogens with zero attached hydrogens (tertiary/aromatic N) is 2. The van der Waals surface area contributed by atoms with Gasteiger partial charge in [0.1, 0.15) is 0 Å². The number of hydrogen-bond acceptors (Lipinski definition) is 3. The number of amides is 1. The van der Waals surface area contributed by atoms with Crippen LogP contribution in [0.3, 0.4) is 0 Å². The third kappa shape index (κ3) is 3.14. The number of carbonyl (C=O) groups is 1. The molecule has 0 aromatic carbocycles. The van der Waals surface area contributed by atoms with Gasteiger partial charge in [0.05, 0.1) is 0 Å². The molecule has 112 valence electrons. The van der Waals surface area contributed by atoms with E-state index in [1.54, 1.807) is 4.57 Å². The Kier molecular flexibility index (Phi) is 4.68. The summed E-state index contributed by atoms with van der Waals surface area (Å²) in [4.78, 5) is 27.1. The first kappa shape index (κ1) is 15.3. The van der Waals surface area contributed by atoms with Crippen LogP contribution in [0.15, 0.2) is 4.79 Å². The van der Waals surface area contributed by atoms with Crippen LogP contribution in [0.25, 0.3) is 0 Å². The summed E-state index contributed by atoms with van der Waals surface area (Å²) in [6.45, 7) is 10.6. The molecule has 0 spiro atoms. The van der Waals surface area contributed by atoms with Crippen molar-refractivity contribution in [3.8, 4) is 0 Å². The predicted molar refractivity (Wildman–Crippen MR) is 82.2 cm³/mol. The quantitative estimate of drug-likeness (QED) is 0.856. The Morgan fingerprint density at radius 3 is 2.60 bits per heavy atom. The van der Waals surface area contributed by atoms with E-state index in [0.29, 0.717) is 24.8 Å². The van der Waals surface area contributed by atoms with Crippen molar-refractivity contribution >= 4 is 17.2 Å². The Labute approximate surface area is 124 Å². The molecule has 4 nitrogen and oxygen atoms in total. The molecule has 0 unspecified atom stereocenters. The fraction of sp³-hybridized carbons (Fsp3) is 0.733. The average molecular weight is 296 g/mol. The second kappa shape index (κ2) is 6.12. The summed E-state index contributed by atoms with van der Waals surface area (Å²) in [5.74, 6) is 1.45. The maximum absolute atomic E-state index is 12.2. The number of thiazole rings is 1. The maximum Gasteiger partial charge on any atom is 0.307 e. The van der Waals surface area contributed by atoms with Gasteiger partial charge in [0.15, 0.2) is 0 Å². The Hall–Kier alpha value is -1.10. The van der Waals surface area contributed by atoms with Crippen LogP contribution >= 0.6 is 11.3 Å². The molecule has 5 heteroatoms. The van der Waals surface area contributed by atoms with Crippen molar-refractivity contribution in [3.05, 3.63) is 20.2 Å². The lowest BCUT2D eigenvalue weighted by Crippen LogP contribution is -2.31. The van der Waals surface area contributed by atoms with E-state index in [2.05, 4.69) is 13.8 Å². The molecule has 0 aliphatic carbocycles. The maximum atomic E-state index is 12.2. The number of aryl methyl sites for hydroxylation is 1. The number of hydrogen-bond donors (Lipinski definition) is 0. The van der Waals surface area contributed by atoms with Gasteiger partial charge in [-0.25, -0.2) is 0 Å². The zero-order valence-corrected chi connectivity index (χ0v) is 13.6. The predicted octanol–water partition coefficient (Wildman–Crippen LogP) is 2.42. The smallest absolute Gasteiger partial charge is 0.307 e. The molecular weight excluding hydrogens is 272 g/mol. The molecule has 0 N–H and O–H groups in total. The summed E-state index contributed by atoms with van der Waals surface area (Å²) in [5.41, 5.74) is 0.995. The third-order valence-corrected chi connectivity index (χ3v) is 5.44. The van der Waals surface area contributed by atoms with Crippen LogP contribution in [-0.4, -0.2) is 28.5 Å². The minimum absolute atomic E-state index is 0.0503. The molecule has 2 heterocycles. The Bertz CT molecular complexity index is 545. The largest absolute Gasteiger partial charge is 0.342 e. The van der Waals surface area contributed by atoms with Crippen LogP contribution in [0.2, 0.25) is 0 Å². The molecule has 1 aliphatic rings. The molecule has 1 aromatic rings. The van der Waals surface area contributed by atoms with Crippen molar-refractivity contribution < 1.29 is 4.79 Å². The van der Waals surface area contributed by atoms with Gasteiger partial charge in [-0.05, 0) is 32.1 Å². The van der Waals surface area contributed by atoms with Gasteiger partial charge in [0.2, 0.25) is 5.91 Å². The van der Waals surface area contributed by atoms with Crippen molar-refractivity contribution in [2.24, 2.45) is 11.8 Å². The van der Waals surface area contributed by atoms with Gasteiger partial charge in [0.25, 0.3) is 0 Å². The highest BCUT2D eigenvalue weighted by molar-refractivity contribution is 7.09. The van der Waals surface area contributed by atoms with Crippen molar-refractivity contribution in [2.75, 3.05) is 13.1 Å².